The van der Waals surface area contributed by atoms with Crippen molar-refractivity contribution < 1.29 is 19.2 Å². The molecule has 0 saturated carbocycles. The molecule has 8 heteroatoms. The average Bonchev–Trinajstić information content (AvgIpc) is 2.94. The Morgan fingerprint density at radius 2 is 1.75 bits per heavy atom. The van der Waals surface area contributed by atoms with Crippen LogP contribution in [-0.2, 0) is 27.2 Å². The normalized spacial score (nSPS) is 15.1. The minimum Gasteiger partial charge on any atom is -0.298 e. The van der Waals surface area contributed by atoms with Crippen molar-refractivity contribution in [1.82, 2.24) is 15.6 Å². The summed E-state index contributed by atoms with van der Waals surface area (Å²) in [5.74, 6) is -3.89. The number of carbonyl (C=O) groups excluding carboxylic acids is 4. The summed E-state index contributed by atoms with van der Waals surface area (Å²) in [5, 5.41) is 6.41. The molecule has 1 fully saturated rings. The number of ketones is 1. The van der Waals surface area contributed by atoms with Crippen molar-refractivity contribution in [3.8, 4) is 0 Å². The highest BCUT2D eigenvalue weighted by Crippen LogP contribution is 2.17. The van der Waals surface area contributed by atoms with Gasteiger partial charge in [0.25, 0.3) is 0 Å². The van der Waals surface area contributed by atoms with Gasteiger partial charge in [0.15, 0.2) is 11.7 Å². The van der Waals surface area contributed by atoms with Crippen LogP contribution in [0.3, 0.4) is 0 Å². The number of thiazole rings is 1. The number of aromatic nitrogens is 1. The van der Waals surface area contributed by atoms with Crippen molar-refractivity contribution in [2.24, 2.45) is 5.92 Å². The Balaban J connectivity index is 1.66. The Hall–Kier alpha value is -2.87. The summed E-state index contributed by atoms with van der Waals surface area (Å²) in [5.41, 5.74) is 1.61. The van der Waals surface area contributed by atoms with Crippen molar-refractivity contribution in [2.75, 3.05) is 0 Å². The van der Waals surface area contributed by atoms with Crippen LogP contribution in [0.1, 0.15) is 16.3 Å². The van der Waals surface area contributed by atoms with E-state index in [1.807, 2.05) is 41.0 Å². The summed E-state index contributed by atoms with van der Waals surface area (Å²) >= 11 is 1.42. The summed E-state index contributed by atoms with van der Waals surface area (Å²) in [7, 11) is 0. The Morgan fingerprint density at radius 3 is 2.42 bits per heavy atom. The summed E-state index contributed by atoms with van der Waals surface area (Å²) in [4.78, 5) is 50.9. The van der Waals surface area contributed by atoms with Gasteiger partial charge in [-0.15, -0.1) is 11.3 Å². The van der Waals surface area contributed by atoms with Crippen molar-refractivity contribution >= 4 is 35.0 Å². The fraction of sp³-hybridized carbons (Fsp3) is 0.188. The molecular formula is C16H13N3O4S. The van der Waals surface area contributed by atoms with E-state index in [1.54, 1.807) is 5.38 Å². The molecular weight excluding hydrogens is 330 g/mol. The fourth-order valence-electron chi connectivity index (χ4n) is 2.37. The van der Waals surface area contributed by atoms with Gasteiger partial charge >= 0.3 is 6.03 Å². The van der Waals surface area contributed by atoms with Crippen LogP contribution in [0.4, 0.5) is 4.79 Å². The number of hydrogen-bond donors (Lipinski definition) is 2. The maximum atomic E-state index is 12.2. The molecule has 1 saturated heterocycles. The van der Waals surface area contributed by atoms with E-state index in [2.05, 4.69) is 4.98 Å². The molecule has 0 atom stereocenters. The molecule has 4 amide bonds. The zero-order chi connectivity index (χ0) is 17.1. The first-order valence-electron chi connectivity index (χ1n) is 7.18. The number of rotatable bonds is 5. The largest absolute Gasteiger partial charge is 0.328 e. The van der Waals surface area contributed by atoms with E-state index in [9.17, 15) is 19.2 Å². The Morgan fingerprint density at radius 1 is 1.08 bits per heavy atom. The van der Waals surface area contributed by atoms with E-state index >= 15 is 0 Å². The summed E-state index contributed by atoms with van der Waals surface area (Å²) < 4.78 is 0. The molecule has 0 unspecified atom stereocenters. The first kappa shape index (κ1) is 16.0. The van der Waals surface area contributed by atoms with E-state index in [-0.39, 0.29) is 6.42 Å². The number of benzene rings is 1. The highest BCUT2D eigenvalue weighted by molar-refractivity contribution is 7.09. The lowest BCUT2D eigenvalue weighted by Gasteiger charge is -2.19. The maximum Gasteiger partial charge on any atom is 0.328 e. The van der Waals surface area contributed by atoms with Gasteiger partial charge in [-0.1, -0.05) is 30.3 Å². The van der Waals surface area contributed by atoms with E-state index < -0.39 is 29.5 Å². The molecule has 0 spiro atoms. The third-order valence-electron chi connectivity index (χ3n) is 3.47. The van der Waals surface area contributed by atoms with Crippen LogP contribution in [-0.4, -0.2) is 28.6 Å². The molecule has 0 radical (unpaired) electrons. The molecule has 7 nitrogen and oxygen atoms in total. The fourth-order valence-corrected chi connectivity index (χ4v) is 3.20. The molecule has 3 rings (SSSR count). The molecule has 2 N–H and O–H groups in total. The number of nitrogens with one attached hydrogen (secondary N) is 2. The van der Waals surface area contributed by atoms with E-state index in [1.165, 1.54) is 11.3 Å². The van der Waals surface area contributed by atoms with E-state index in [0.717, 1.165) is 10.6 Å². The lowest BCUT2D eigenvalue weighted by Crippen LogP contribution is -2.58. The third kappa shape index (κ3) is 3.54. The zero-order valence-electron chi connectivity index (χ0n) is 12.4. The number of imide groups is 2. The molecule has 24 heavy (non-hydrogen) atoms. The van der Waals surface area contributed by atoms with Crippen LogP contribution in [0.5, 0.6) is 0 Å². The Kier molecular flexibility index (Phi) is 4.48. The smallest absolute Gasteiger partial charge is 0.298 e. The van der Waals surface area contributed by atoms with Gasteiger partial charge in [-0.2, -0.15) is 0 Å². The second-order valence-electron chi connectivity index (χ2n) is 5.28. The number of hydrogen-bond acceptors (Lipinski definition) is 6. The molecule has 2 heterocycles. The van der Waals surface area contributed by atoms with Crippen LogP contribution >= 0.6 is 11.3 Å². The topological polar surface area (TPSA) is 105 Å². The summed E-state index contributed by atoms with van der Waals surface area (Å²) in [6.45, 7) is 0. The lowest BCUT2D eigenvalue weighted by atomic mass is 9.97. The van der Waals surface area contributed by atoms with Crippen LogP contribution in [0, 0.1) is 5.92 Å². The summed E-state index contributed by atoms with van der Waals surface area (Å²) in [6, 6.07) is 8.87. The van der Waals surface area contributed by atoms with Crippen molar-refractivity contribution in [2.45, 2.75) is 12.8 Å². The van der Waals surface area contributed by atoms with Gasteiger partial charge in [0, 0.05) is 11.8 Å². The molecule has 0 bridgehead atoms. The lowest BCUT2D eigenvalue weighted by molar-refractivity contribution is -0.142. The monoisotopic (exact) mass is 343 g/mol. The first-order valence-corrected chi connectivity index (χ1v) is 8.06. The number of carbonyl (C=O) groups is 4. The van der Waals surface area contributed by atoms with Gasteiger partial charge in [-0.05, 0) is 5.56 Å². The zero-order valence-corrected chi connectivity index (χ0v) is 13.3. The third-order valence-corrected chi connectivity index (χ3v) is 4.37. The molecule has 1 aliphatic rings. The van der Waals surface area contributed by atoms with Gasteiger partial charge in [0.05, 0.1) is 17.1 Å². The van der Waals surface area contributed by atoms with Gasteiger partial charge in [0.1, 0.15) is 0 Å². The molecule has 1 aromatic heterocycles. The van der Waals surface area contributed by atoms with Gasteiger partial charge < -0.3 is 0 Å². The van der Waals surface area contributed by atoms with Gasteiger partial charge in [-0.25, -0.2) is 9.78 Å². The van der Waals surface area contributed by atoms with Crippen LogP contribution in [0.2, 0.25) is 0 Å². The van der Waals surface area contributed by atoms with E-state index in [0.29, 0.717) is 12.1 Å². The van der Waals surface area contributed by atoms with Crippen molar-refractivity contribution in [1.29, 1.82) is 0 Å². The second kappa shape index (κ2) is 6.71. The quantitative estimate of drug-likeness (QED) is 0.782. The maximum absolute atomic E-state index is 12.2. The standard InChI is InChI=1S/C16H13N3O4S/c20-11(13-14(21)18-16(23)19-15(13)22)7-10-8-24-12(17-10)6-9-4-2-1-3-5-9/h1-5,8,13H,6-7H2,(H2,18,19,21,22,23). The minimum atomic E-state index is -1.51. The Labute approximate surface area is 141 Å². The molecule has 122 valence electrons. The van der Waals surface area contributed by atoms with Crippen LogP contribution in [0.15, 0.2) is 35.7 Å². The number of urea groups is 1. The Bertz CT molecular complexity index is 796. The average molecular weight is 343 g/mol. The number of nitrogens with zero attached hydrogens (tertiary/aromatic N) is 1. The molecule has 2 aromatic rings. The first-order chi connectivity index (χ1) is 11.5. The summed E-state index contributed by atoms with van der Waals surface area (Å²) in [6.07, 6.45) is 0.517. The number of amides is 4. The van der Waals surface area contributed by atoms with Gasteiger partial charge in [0.2, 0.25) is 11.8 Å². The molecule has 1 aromatic carbocycles. The number of barbiturate groups is 1. The molecule has 1 aliphatic heterocycles. The van der Waals surface area contributed by atoms with Gasteiger partial charge in [-0.3, -0.25) is 25.0 Å². The number of Topliss-reactive ketones (excluding diaryl/α,β-unsaturated/α-hetero) is 1. The highest BCUT2D eigenvalue weighted by Gasteiger charge is 2.39. The second-order valence-corrected chi connectivity index (χ2v) is 6.22. The SMILES string of the molecule is O=C1NC(=O)C(C(=O)Cc2csc(Cc3ccccc3)n2)C(=O)N1. The molecule has 0 aliphatic carbocycles. The van der Waals surface area contributed by atoms with Crippen molar-refractivity contribution in [3.63, 3.8) is 0 Å². The van der Waals surface area contributed by atoms with E-state index in [4.69, 9.17) is 0 Å². The van der Waals surface area contributed by atoms with Crippen molar-refractivity contribution in [3.05, 3.63) is 52.0 Å². The van der Waals surface area contributed by atoms with Crippen LogP contribution in [0.25, 0.3) is 0 Å². The predicted molar refractivity (Wildman–Crippen MR) is 85.2 cm³/mol. The minimum absolute atomic E-state index is 0.134. The van der Waals surface area contributed by atoms with Crippen LogP contribution < -0.4 is 10.6 Å². The highest BCUT2D eigenvalue weighted by atomic mass is 32.1. The predicted octanol–water partition coefficient (Wildman–Crippen LogP) is 0.828.